The van der Waals surface area contributed by atoms with E-state index in [2.05, 4.69) is 26.6 Å². The van der Waals surface area contributed by atoms with Crippen LogP contribution in [0.15, 0.2) is 9.98 Å². The van der Waals surface area contributed by atoms with Crippen LogP contribution in [-0.4, -0.2) is 46.3 Å². The lowest BCUT2D eigenvalue weighted by Gasteiger charge is -1.92. The van der Waals surface area contributed by atoms with E-state index < -0.39 is 0 Å². The first-order chi connectivity index (χ1) is 6.41. The van der Waals surface area contributed by atoms with Crippen LogP contribution in [-0.2, 0) is 0 Å². The van der Waals surface area contributed by atoms with Gasteiger partial charge in [-0.1, -0.05) is 0 Å². The molecule has 0 saturated carbocycles. The van der Waals surface area contributed by atoms with Crippen molar-refractivity contribution in [2.24, 2.45) is 9.98 Å². The van der Waals surface area contributed by atoms with Crippen LogP contribution in [0.3, 0.4) is 0 Å². The maximum absolute atomic E-state index is 4.03. The highest BCUT2D eigenvalue weighted by atomic mass is 35.5. The van der Waals surface area contributed by atoms with Crippen LogP contribution >= 0.6 is 12.4 Å². The fourth-order valence-electron chi connectivity index (χ4n) is 0.820. The van der Waals surface area contributed by atoms with Crippen molar-refractivity contribution in [2.75, 3.05) is 40.3 Å². The molecule has 0 aliphatic heterocycles. The van der Waals surface area contributed by atoms with Crippen LogP contribution in [0.1, 0.15) is 12.8 Å². The largest absolute Gasteiger partial charge is 0.320 e. The molecule has 0 rings (SSSR count). The van der Waals surface area contributed by atoms with E-state index in [1.54, 1.807) is 0 Å². The minimum absolute atomic E-state index is 0. The molecule has 4 nitrogen and oxygen atoms in total. The van der Waals surface area contributed by atoms with Crippen molar-refractivity contribution in [3.8, 4) is 0 Å². The molecule has 0 radical (unpaired) electrons. The van der Waals surface area contributed by atoms with Crippen molar-refractivity contribution in [2.45, 2.75) is 12.8 Å². The van der Waals surface area contributed by atoms with E-state index in [0.717, 1.165) is 39.0 Å². The molecule has 0 unspecified atom stereocenters. The average Bonchev–Trinajstić information content (AvgIpc) is 2.16. The van der Waals surface area contributed by atoms with Gasteiger partial charge < -0.3 is 10.6 Å². The van der Waals surface area contributed by atoms with Gasteiger partial charge in [0, 0.05) is 0 Å². The first-order valence-corrected chi connectivity index (χ1v) is 4.79. The summed E-state index contributed by atoms with van der Waals surface area (Å²) in [5.74, 6) is 0. The standard InChI is InChI=1S/C9H20N4.ClH/c1-10-5-3-7-12-9-13-8-4-6-11-2;/h10-11H,3-8H2,1-2H3;1H. The van der Waals surface area contributed by atoms with Crippen molar-refractivity contribution in [3.05, 3.63) is 0 Å². The molecule has 0 aromatic carbocycles. The predicted molar refractivity (Wildman–Crippen MR) is 63.9 cm³/mol. The summed E-state index contributed by atoms with van der Waals surface area (Å²) in [7, 11) is 3.88. The lowest BCUT2D eigenvalue weighted by atomic mass is 10.4. The highest BCUT2D eigenvalue weighted by molar-refractivity contribution is 5.85. The van der Waals surface area contributed by atoms with Gasteiger partial charge in [-0.3, -0.25) is 0 Å². The van der Waals surface area contributed by atoms with Gasteiger partial charge in [0.15, 0.2) is 0 Å². The van der Waals surface area contributed by atoms with Gasteiger partial charge in [-0.2, -0.15) is 0 Å². The molecule has 0 atom stereocenters. The zero-order chi connectivity index (χ0) is 9.78. The molecule has 2 N–H and O–H groups in total. The van der Waals surface area contributed by atoms with Crippen molar-refractivity contribution >= 4 is 18.4 Å². The number of hydrogen-bond acceptors (Lipinski definition) is 4. The number of hydrogen-bond donors (Lipinski definition) is 2. The lowest BCUT2D eigenvalue weighted by Crippen LogP contribution is -2.08. The lowest BCUT2D eigenvalue weighted by molar-refractivity contribution is 0.730. The highest BCUT2D eigenvalue weighted by Gasteiger charge is 1.80. The summed E-state index contributed by atoms with van der Waals surface area (Å²) in [6.45, 7) is 3.64. The Morgan fingerprint density at radius 1 is 0.929 bits per heavy atom. The molecule has 84 valence electrons. The molecular weight excluding hydrogens is 200 g/mol. The van der Waals surface area contributed by atoms with Crippen molar-refractivity contribution in [3.63, 3.8) is 0 Å². The Balaban J connectivity index is 0. The Morgan fingerprint density at radius 2 is 1.36 bits per heavy atom. The molecule has 0 aliphatic carbocycles. The van der Waals surface area contributed by atoms with E-state index in [4.69, 9.17) is 0 Å². The minimum Gasteiger partial charge on any atom is -0.320 e. The zero-order valence-corrected chi connectivity index (χ0v) is 9.86. The van der Waals surface area contributed by atoms with Gasteiger partial charge in [0.05, 0.1) is 19.1 Å². The summed E-state index contributed by atoms with van der Waals surface area (Å²) < 4.78 is 0. The van der Waals surface area contributed by atoms with Crippen LogP contribution < -0.4 is 10.6 Å². The SMILES string of the molecule is CNCCCN=C=NCCCNC.Cl. The first-order valence-electron chi connectivity index (χ1n) is 4.79. The molecule has 0 amide bonds. The average molecular weight is 221 g/mol. The molecule has 14 heavy (non-hydrogen) atoms. The Morgan fingerprint density at radius 3 is 1.71 bits per heavy atom. The topological polar surface area (TPSA) is 48.8 Å². The summed E-state index contributed by atoms with van der Waals surface area (Å²) in [4.78, 5) is 8.06. The van der Waals surface area contributed by atoms with Crippen LogP contribution in [0.4, 0.5) is 0 Å². The molecule has 0 spiro atoms. The maximum atomic E-state index is 4.03. The summed E-state index contributed by atoms with van der Waals surface area (Å²) >= 11 is 0. The minimum atomic E-state index is 0. The van der Waals surface area contributed by atoms with Gasteiger partial charge in [-0.15, -0.1) is 12.4 Å². The molecule has 5 heteroatoms. The van der Waals surface area contributed by atoms with Crippen LogP contribution in [0.2, 0.25) is 0 Å². The number of halogens is 1. The monoisotopic (exact) mass is 220 g/mol. The van der Waals surface area contributed by atoms with E-state index in [0.29, 0.717) is 0 Å². The molecule has 0 heterocycles. The third-order valence-corrected chi connectivity index (χ3v) is 1.53. The van der Waals surface area contributed by atoms with E-state index >= 15 is 0 Å². The summed E-state index contributed by atoms with van der Waals surface area (Å²) in [5, 5.41) is 6.12. The second kappa shape index (κ2) is 15.1. The molecule has 0 bridgehead atoms. The Labute approximate surface area is 92.7 Å². The molecule has 0 aromatic rings. The first kappa shape index (κ1) is 16.0. The van der Waals surface area contributed by atoms with Crippen molar-refractivity contribution in [1.82, 2.24) is 10.6 Å². The van der Waals surface area contributed by atoms with E-state index in [-0.39, 0.29) is 12.4 Å². The van der Waals surface area contributed by atoms with Crippen LogP contribution in [0.25, 0.3) is 0 Å². The summed E-state index contributed by atoms with van der Waals surface area (Å²) in [6.07, 6.45) is 2.10. The van der Waals surface area contributed by atoms with E-state index in [1.807, 2.05) is 14.1 Å². The predicted octanol–water partition coefficient (Wildman–Crippen LogP) is 0.801. The van der Waals surface area contributed by atoms with E-state index in [1.165, 1.54) is 0 Å². The van der Waals surface area contributed by atoms with Gasteiger partial charge in [-0.25, -0.2) is 9.98 Å². The van der Waals surface area contributed by atoms with Crippen molar-refractivity contribution < 1.29 is 0 Å². The van der Waals surface area contributed by atoms with Gasteiger partial charge in [0.25, 0.3) is 0 Å². The third kappa shape index (κ3) is 14.1. The van der Waals surface area contributed by atoms with Crippen molar-refractivity contribution in [1.29, 1.82) is 0 Å². The quantitative estimate of drug-likeness (QED) is 0.470. The van der Waals surface area contributed by atoms with E-state index in [9.17, 15) is 0 Å². The van der Waals surface area contributed by atoms with Gasteiger partial charge in [-0.05, 0) is 40.0 Å². The van der Waals surface area contributed by atoms with Crippen LogP contribution in [0.5, 0.6) is 0 Å². The molecule has 0 fully saturated rings. The van der Waals surface area contributed by atoms with Crippen LogP contribution in [0, 0.1) is 0 Å². The third-order valence-electron chi connectivity index (χ3n) is 1.53. The molecule has 0 aromatic heterocycles. The summed E-state index contributed by atoms with van der Waals surface area (Å²) in [6, 6.07) is 2.70. The Hall–Kier alpha value is -0.410. The maximum Gasteiger partial charge on any atom is 0.0892 e. The smallest absolute Gasteiger partial charge is 0.0892 e. The fraction of sp³-hybridized carbons (Fsp3) is 0.889. The Bertz CT molecular complexity index is 141. The number of aliphatic imine (C=N–C) groups is 2. The zero-order valence-electron chi connectivity index (χ0n) is 9.05. The molecular formula is C9H21ClN4. The van der Waals surface area contributed by atoms with Gasteiger partial charge in [0.1, 0.15) is 0 Å². The highest BCUT2D eigenvalue weighted by Crippen LogP contribution is 1.78. The number of nitrogens with zero attached hydrogens (tertiary/aromatic N) is 2. The number of rotatable bonds is 8. The normalized spacial score (nSPS) is 8.71. The molecule has 0 aliphatic rings. The van der Waals surface area contributed by atoms with Gasteiger partial charge in [0.2, 0.25) is 0 Å². The second-order valence-corrected chi connectivity index (χ2v) is 2.78. The Kier molecular flexibility index (Phi) is 17.3. The second-order valence-electron chi connectivity index (χ2n) is 2.78. The fourth-order valence-corrected chi connectivity index (χ4v) is 0.820. The summed E-state index contributed by atoms with van der Waals surface area (Å²) in [5.41, 5.74) is 0. The number of nitrogens with one attached hydrogen (secondary N) is 2. The molecule has 0 saturated heterocycles. The van der Waals surface area contributed by atoms with Gasteiger partial charge >= 0.3 is 0 Å².